The first-order valence-corrected chi connectivity index (χ1v) is 5.80. The first-order chi connectivity index (χ1) is 7.09. The molecule has 0 aliphatic carbocycles. The fourth-order valence-corrected chi connectivity index (χ4v) is 1.86. The van der Waals surface area contributed by atoms with Gasteiger partial charge in [0.2, 0.25) is 0 Å². The molecule has 0 saturated heterocycles. The van der Waals surface area contributed by atoms with Gasteiger partial charge in [0.15, 0.2) is 0 Å². The molecule has 2 heterocycles. The van der Waals surface area contributed by atoms with E-state index in [2.05, 4.69) is 36.7 Å². The van der Waals surface area contributed by atoms with Crippen molar-refractivity contribution in [2.45, 2.75) is 46.6 Å². The molecule has 0 bridgehead atoms. The Hall–Kier alpha value is -1.05. The Morgan fingerprint density at radius 3 is 2.53 bits per heavy atom. The highest BCUT2D eigenvalue weighted by atomic mass is 15.2. The largest absolute Gasteiger partial charge is 0.351 e. The van der Waals surface area contributed by atoms with Gasteiger partial charge >= 0.3 is 0 Å². The summed E-state index contributed by atoms with van der Waals surface area (Å²) in [6.07, 6.45) is 3.02. The van der Waals surface area contributed by atoms with Gasteiger partial charge in [0, 0.05) is 18.3 Å². The molecule has 0 saturated carbocycles. The monoisotopic (exact) mass is 206 g/mol. The fraction of sp³-hybridized carbons (Fsp3) is 0.615. The minimum absolute atomic E-state index is 0.194. The molecular weight excluding hydrogens is 184 g/mol. The number of hydrogen-bond acceptors (Lipinski definition) is 2. The highest BCUT2D eigenvalue weighted by Crippen LogP contribution is 2.30. The zero-order chi connectivity index (χ0) is 11.5. The molecule has 0 atom stereocenters. The van der Waals surface area contributed by atoms with Crippen molar-refractivity contribution in [2.24, 2.45) is 0 Å². The maximum absolute atomic E-state index is 4.43. The molecule has 0 radical (unpaired) electrons. The van der Waals surface area contributed by atoms with Gasteiger partial charge in [0.1, 0.15) is 5.82 Å². The molecule has 2 nitrogen and oxygen atoms in total. The van der Waals surface area contributed by atoms with Gasteiger partial charge < -0.3 is 4.90 Å². The molecule has 0 unspecified atom stereocenters. The van der Waals surface area contributed by atoms with Crippen LogP contribution in [-0.2, 0) is 6.42 Å². The van der Waals surface area contributed by atoms with Gasteiger partial charge in [-0.25, -0.2) is 4.98 Å². The number of aromatic nitrogens is 1. The first-order valence-electron chi connectivity index (χ1n) is 5.80. The number of hydrogen-bond donors (Lipinski definition) is 0. The summed E-state index contributed by atoms with van der Waals surface area (Å²) >= 11 is 0. The lowest BCUT2D eigenvalue weighted by Crippen LogP contribution is -2.40. The Morgan fingerprint density at radius 1 is 1.27 bits per heavy atom. The fourth-order valence-electron chi connectivity index (χ4n) is 1.86. The second-order valence-corrected chi connectivity index (χ2v) is 4.56. The van der Waals surface area contributed by atoms with Gasteiger partial charge in [-0.2, -0.15) is 0 Å². The third kappa shape index (κ3) is 2.49. The summed E-state index contributed by atoms with van der Waals surface area (Å²) in [5.74, 6) is 1.18. The summed E-state index contributed by atoms with van der Waals surface area (Å²) in [5.41, 5.74) is 1.58. The molecule has 0 fully saturated rings. The number of rotatable bonds is 0. The van der Waals surface area contributed by atoms with Crippen molar-refractivity contribution in [2.75, 3.05) is 11.4 Å². The molecule has 15 heavy (non-hydrogen) atoms. The summed E-state index contributed by atoms with van der Waals surface area (Å²) in [5, 5.41) is 0. The van der Waals surface area contributed by atoms with E-state index in [1.807, 2.05) is 26.1 Å². The predicted octanol–water partition coefficient (Wildman–Crippen LogP) is 3.27. The number of fused-ring (bicyclic) bond motifs is 1. The molecular formula is C13H22N2. The zero-order valence-electron chi connectivity index (χ0n) is 10.5. The van der Waals surface area contributed by atoms with Crippen LogP contribution in [0.5, 0.6) is 0 Å². The topological polar surface area (TPSA) is 16.1 Å². The minimum Gasteiger partial charge on any atom is -0.351 e. The summed E-state index contributed by atoms with van der Waals surface area (Å²) in [4.78, 5) is 6.81. The maximum Gasteiger partial charge on any atom is 0.132 e. The van der Waals surface area contributed by atoms with E-state index < -0.39 is 0 Å². The Kier molecular flexibility index (Phi) is 3.72. The first kappa shape index (κ1) is 12.0. The molecule has 0 amide bonds. The third-order valence-electron chi connectivity index (χ3n) is 2.54. The lowest BCUT2D eigenvalue weighted by atomic mass is 10.1. The van der Waals surface area contributed by atoms with Crippen LogP contribution < -0.4 is 4.90 Å². The molecule has 84 valence electrons. The summed E-state index contributed by atoms with van der Waals surface area (Å²) in [6, 6.07) is 4.19. The van der Waals surface area contributed by atoms with Crippen LogP contribution in [0.1, 0.15) is 40.2 Å². The van der Waals surface area contributed by atoms with E-state index in [0.29, 0.717) is 0 Å². The second-order valence-electron chi connectivity index (χ2n) is 4.56. The van der Waals surface area contributed by atoms with Crippen LogP contribution in [0.25, 0.3) is 0 Å². The van der Waals surface area contributed by atoms with Crippen molar-refractivity contribution in [1.29, 1.82) is 0 Å². The predicted molar refractivity (Wildman–Crippen MR) is 66.4 cm³/mol. The van der Waals surface area contributed by atoms with E-state index >= 15 is 0 Å². The van der Waals surface area contributed by atoms with Gasteiger partial charge in [0.25, 0.3) is 0 Å². The third-order valence-corrected chi connectivity index (χ3v) is 2.54. The van der Waals surface area contributed by atoms with Crippen LogP contribution in [0.3, 0.4) is 0 Å². The van der Waals surface area contributed by atoms with Gasteiger partial charge in [-0.1, -0.05) is 19.9 Å². The normalized spacial score (nSPS) is 14.3. The van der Waals surface area contributed by atoms with Crippen LogP contribution in [0.15, 0.2) is 18.3 Å². The van der Waals surface area contributed by atoms with Crippen LogP contribution in [0, 0.1) is 0 Å². The molecule has 1 aliphatic heterocycles. The van der Waals surface area contributed by atoms with E-state index in [0.717, 1.165) is 13.0 Å². The van der Waals surface area contributed by atoms with Crippen LogP contribution in [0.4, 0.5) is 5.82 Å². The van der Waals surface area contributed by atoms with Crippen LogP contribution >= 0.6 is 0 Å². The van der Waals surface area contributed by atoms with E-state index in [9.17, 15) is 0 Å². The molecule has 2 heteroatoms. The molecule has 2 rings (SSSR count). The Bertz CT molecular complexity index is 313. The Morgan fingerprint density at radius 2 is 1.93 bits per heavy atom. The Labute approximate surface area is 93.3 Å². The maximum atomic E-state index is 4.43. The zero-order valence-corrected chi connectivity index (χ0v) is 10.5. The van der Waals surface area contributed by atoms with Gasteiger partial charge in [-0.15, -0.1) is 0 Å². The van der Waals surface area contributed by atoms with Crippen molar-refractivity contribution in [3.8, 4) is 0 Å². The van der Waals surface area contributed by atoms with Crippen molar-refractivity contribution in [3.05, 3.63) is 23.9 Å². The van der Waals surface area contributed by atoms with Crippen molar-refractivity contribution in [1.82, 2.24) is 4.98 Å². The van der Waals surface area contributed by atoms with Crippen LogP contribution in [-0.4, -0.2) is 17.1 Å². The van der Waals surface area contributed by atoms with E-state index in [1.165, 1.54) is 11.4 Å². The Balaban J connectivity index is 0.000000531. The summed E-state index contributed by atoms with van der Waals surface area (Å²) in [6.45, 7) is 11.8. The highest BCUT2D eigenvalue weighted by Gasteiger charge is 2.28. The van der Waals surface area contributed by atoms with Crippen molar-refractivity contribution in [3.63, 3.8) is 0 Å². The van der Waals surface area contributed by atoms with Crippen molar-refractivity contribution < 1.29 is 0 Å². The van der Waals surface area contributed by atoms with Gasteiger partial charge in [0.05, 0.1) is 0 Å². The van der Waals surface area contributed by atoms with E-state index in [1.54, 1.807) is 0 Å². The van der Waals surface area contributed by atoms with E-state index in [4.69, 9.17) is 0 Å². The molecule has 0 spiro atoms. The SMILES string of the molecule is CC.CC(C)(C)N1CCc2cccnc21. The van der Waals surface area contributed by atoms with Gasteiger partial charge in [-0.05, 0) is 38.8 Å². The lowest BCUT2D eigenvalue weighted by Gasteiger charge is -2.33. The lowest BCUT2D eigenvalue weighted by molar-refractivity contribution is 0.514. The summed E-state index contributed by atoms with van der Waals surface area (Å²) in [7, 11) is 0. The smallest absolute Gasteiger partial charge is 0.132 e. The molecule has 1 aliphatic rings. The van der Waals surface area contributed by atoms with Gasteiger partial charge in [-0.3, -0.25) is 0 Å². The molecule has 1 aromatic heterocycles. The van der Waals surface area contributed by atoms with Crippen molar-refractivity contribution >= 4 is 5.82 Å². The number of pyridine rings is 1. The molecule has 1 aromatic rings. The summed E-state index contributed by atoms with van der Waals surface area (Å²) < 4.78 is 0. The molecule has 0 N–H and O–H groups in total. The average molecular weight is 206 g/mol. The molecule has 0 aromatic carbocycles. The second kappa shape index (κ2) is 4.65. The van der Waals surface area contributed by atoms with E-state index in [-0.39, 0.29) is 5.54 Å². The minimum atomic E-state index is 0.194. The quantitative estimate of drug-likeness (QED) is 0.647. The number of anilines is 1. The standard InChI is InChI=1S/C11H16N2.C2H6/c1-11(2,3)13-8-6-9-5-4-7-12-10(9)13;1-2/h4-5,7H,6,8H2,1-3H3;1-2H3. The highest BCUT2D eigenvalue weighted by molar-refractivity contribution is 5.53. The number of nitrogens with zero attached hydrogens (tertiary/aromatic N) is 2. The van der Waals surface area contributed by atoms with Crippen LogP contribution in [0.2, 0.25) is 0 Å². The average Bonchev–Trinajstić information content (AvgIpc) is 2.63.